The van der Waals surface area contributed by atoms with Crippen LogP contribution in [-0.4, -0.2) is 43.2 Å². The van der Waals surface area contributed by atoms with Gasteiger partial charge in [0.25, 0.3) is 5.91 Å². The number of anilines is 1. The van der Waals surface area contributed by atoms with Gasteiger partial charge in [-0.2, -0.15) is 0 Å². The van der Waals surface area contributed by atoms with E-state index in [9.17, 15) is 13.2 Å². The number of sulfonamides is 1. The Morgan fingerprint density at radius 2 is 1.76 bits per heavy atom. The van der Waals surface area contributed by atoms with Crippen molar-refractivity contribution in [2.24, 2.45) is 0 Å². The van der Waals surface area contributed by atoms with Crippen LogP contribution in [0.2, 0.25) is 10.0 Å². The number of amides is 1. The first-order chi connectivity index (χ1) is 20.1. The number of nitrogens with zero attached hydrogens (tertiary/aromatic N) is 2. The summed E-state index contributed by atoms with van der Waals surface area (Å²) in [5.74, 6) is -0.933. The molecule has 2 aliphatic rings. The van der Waals surface area contributed by atoms with Crippen LogP contribution in [0.5, 0.6) is 0 Å². The molecule has 222 valence electrons. The lowest BCUT2D eigenvalue weighted by molar-refractivity contribution is -0.178. The lowest BCUT2D eigenvalue weighted by atomic mass is 9.89. The summed E-state index contributed by atoms with van der Waals surface area (Å²) < 4.78 is 50.2. The Morgan fingerprint density at radius 1 is 1.05 bits per heavy atom. The third-order valence-electron chi connectivity index (χ3n) is 7.81. The van der Waals surface area contributed by atoms with Gasteiger partial charge >= 0.3 is 0 Å². The fraction of sp³-hybridized carbons (Fsp3) is 0.344. The maximum atomic E-state index is 15.1. The third-order valence-corrected chi connectivity index (χ3v) is 10.6. The van der Waals surface area contributed by atoms with Crippen molar-refractivity contribution in [2.75, 3.05) is 10.8 Å². The van der Waals surface area contributed by atoms with Gasteiger partial charge in [-0.25, -0.2) is 12.8 Å². The number of para-hydroxylation sites is 1. The largest absolute Gasteiger partial charge is 0.358 e. The summed E-state index contributed by atoms with van der Waals surface area (Å²) in [6.45, 7) is 5.60. The summed E-state index contributed by atoms with van der Waals surface area (Å²) in [6, 6.07) is 19.0. The Balaban J connectivity index is 1.65. The molecule has 1 saturated carbocycles. The Bertz CT molecular complexity index is 1550. The van der Waals surface area contributed by atoms with E-state index in [0.717, 1.165) is 15.4 Å². The molecule has 0 spiro atoms. The van der Waals surface area contributed by atoms with Crippen LogP contribution in [0.25, 0.3) is 0 Å². The second-order valence-corrected chi connectivity index (χ2v) is 13.7. The van der Waals surface area contributed by atoms with E-state index in [0.29, 0.717) is 29.3 Å². The molecular formula is C32H33Cl2FN2O4S. The van der Waals surface area contributed by atoms with E-state index in [4.69, 9.17) is 27.9 Å². The number of hydrogen-bond acceptors (Lipinski definition) is 4. The molecule has 10 heteroatoms. The van der Waals surface area contributed by atoms with E-state index < -0.39 is 45.4 Å². The van der Waals surface area contributed by atoms with E-state index >= 15 is 4.39 Å². The second kappa shape index (κ2) is 12.8. The van der Waals surface area contributed by atoms with Crippen molar-refractivity contribution < 1.29 is 22.3 Å². The van der Waals surface area contributed by atoms with Gasteiger partial charge in [-0.3, -0.25) is 9.10 Å². The monoisotopic (exact) mass is 630 g/mol. The van der Waals surface area contributed by atoms with E-state index in [-0.39, 0.29) is 24.6 Å². The van der Waals surface area contributed by atoms with Crippen molar-refractivity contribution in [1.29, 1.82) is 0 Å². The van der Waals surface area contributed by atoms with Crippen molar-refractivity contribution in [3.8, 4) is 0 Å². The SMILES string of the molecule is C=CCC1OC(c2cccc(Cl)c2)C(c2ccc(Cl)cc2)N(C(CC)CN(c2ccccc2F)S(=O)(=O)C2CC2)C1=O. The molecule has 42 heavy (non-hydrogen) atoms. The first kappa shape index (κ1) is 30.5. The molecule has 6 nitrogen and oxygen atoms in total. The highest BCUT2D eigenvalue weighted by molar-refractivity contribution is 7.93. The number of hydrogen-bond donors (Lipinski definition) is 0. The van der Waals surface area contributed by atoms with Crippen molar-refractivity contribution in [2.45, 2.75) is 62.1 Å². The molecule has 1 aliphatic heterocycles. The first-order valence-electron chi connectivity index (χ1n) is 14.0. The van der Waals surface area contributed by atoms with Gasteiger partial charge in [0.05, 0.1) is 29.6 Å². The highest BCUT2D eigenvalue weighted by atomic mass is 35.5. The van der Waals surface area contributed by atoms with Gasteiger partial charge in [-0.15, -0.1) is 6.58 Å². The Hall–Kier alpha value is -2.91. The van der Waals surface area contributed by atoms with Crippen molar-refractivity contribution in [3.05, 3.63) is 112 Å². The Morgan fingerprint density at radius 3 is 2.38 bits per heavy atom. The van der Waals surface area contributed by atoms with Gasteiger partial charge < -0.3 is 9.64 Å². The van der Waals surface area contributed by atoms with Crippen LogP contribution in [0.3, 0.4) is 0 Å². The zero-order valence-electron chi connectivity index (χ0n) is 23.2. The Labute approximate surface area is 256 Å². The highest BCUT2D eigenvalue weighted by Crippen LogP contribution is 2.45. The summed E-state index contributed by atoms with van der Waals surface area (Å²) in [6.07, 6.45) is 1.84. The van der Waals surface area contributed by atoms with E-state index in [1.165, 1.54) is 18.2 Å². The molecule has 1 amide bonds. The maximum Gasteiger partial charge on any atom is 0.252 e. The molecule has 3 aromatic carbocycles. The van der Waals surface area contributed by atoms with Gasteiger partial charge in [-0.05, 0) is 66.8 Å². The summed E-state index contributed by atoms with van der Waals surface area (Å²) in [7, 11) is -3.87. The van der Waals surface area contributed by atoms with Crippen LogP contribution in [0, 0.1) is 5.82 Å². The highest BCUT2D eigenvalue weighted by Gasteiger charge is 2.48. The van der Waals surface area contributed by atoms with Crippen LogP contribution < -0.4 is 4.31 Å². The molecule has 0 bridgehead atoms. The predicted molar refractivity (Wildman–Crippen MR) is 165 cm³/mol. The van der Waals surface area contributed by atoms with Gasteiger partial charge in [-0.1, -0.05) is 72.6 Å². The van der Waals surface area contributed by atoms with Crippen LogP contribution in [0.1, 0.15) is 55.9 Å². The minimum atomic E-state index is -3.87. The van der Waals surface area contributed by atoms with Crippen LogP contribution in [0.4, 0.5) is 10.1 Å². The zero-order valence-corrected chi connectivity index (χ0v) is 25.5. The smallest absolute Gasteiger partial charge is 0.252 e. The fourth-order valence-electron chi connectivity index (χ4n) is 5.56. The standard InChI is InChI=1S/C32H33Cl2FN2O4S/c1-3-8-29-32(38)37(25(4-2)20-36(42(39,40)26-17-18-26)28-12-6-5-11-27(28)35)30(21-13-15-23(33)16-14-21)31(41-29)22-9-7-10-24(34)19-22/h3,5-7,9-16,19,25-26,29-31H,1,4,8,17-18,20H2,2H3. The molecule has 3 aromatic rings. The molecule has 5 rings (SSSR count). The molecule has 2 fully saturated rings. The lowest BCUT2D eigenvalue weighted by Crippen LogP contribution is -2.57. The minimum absolute atomic E-state index is 0.0272. The number of carbonyl (C=O) groups excluding carboxylic acids is 1. The molecule has 0 aromatic heterocycles. The van der Waals surface area contributed by atoms with Crippen molar-refractivity contribution in [1.82, 2.24) is 4.90 Å². The molecule has 0 radical (unpaired) electrons. The predicted octanol–water partition coefficient (Wildman–Crippen LogP) is 7.50. The summed E-state index contributed by atoms with van der Waals surface area (Å²) >= 11 is 12.6. The van der Waals surface area contributed by atoms with Gasteiger partial charge in [0.15, 0.2) is 0 Å². The van der Waals surface area contributed by atoms with Crippen LogP contribution in [-0.2, 0) is 19.6 Å². The Kier molecular flexibility index (Phi) is 9.28. The molecule has 0 N–H and O–H groups in total. The third kappa shape index (κ3) is 6.23. The van der Waals surface area contributed by atoms with Crippen molar-refractivity contribution in [3.63, 3.8) is 0 Å². The number of halogens is 3. The number of carbonyl (C=O) groups is 1. The molecule has 1 heterocycles. The quantitative estimate of drug-likeness (QED) is 0.206. The average molecular weight is 632 g/mol. The maximum absolute atomic E-state index is 15.1. The van der Waals surface area contributed by atoms with Crippen molar-refractivity contribution >= 4 is 44.8 Å². The zero-order chi connectivity index (χ0) is 30.0. The molecule has 4 unspecified atom stereocenters. The second-order valence-electron chi connectivity index (χ2n) is 10.7. The summed E-state index contributed by atoms with van der Waals surface area (Å²) in [5.41, 5.74) is 1.50. The molecular weight excluding hydrogens is 598 g/mol. The summed E-state index contributed by atoms with van der Waals surface area (Å²) in [5, 5.41) is 0.475. The van der Waals surface area contributed by atoms with E-state index in [1.807, 2.05) is 31.2 Å². The molecule has 4 atom stereocenters. The number of ether oxygens (including phenoxy) is 1. The molecule has 1 saturated heterocycles. The number of benzene rings is 3. The normalized spacial score (nSPS) is 21.7. The van der Waals surface area contributed by atoms with Gasteiger partial charge in [0, 0.05) is 16.5 Å². The van der Waals surface area contributed by atoms with Crippen LogP contribution in [0.15, 0.2) is 85.5 Å². The minimum Gasteiger partial charge on any atom is -0.358 e. The van der Waals surface area contributed by atoms with E-state index in [2.05, 4.69) is 6.58 Å². The average Bonchev–Trinajstić information content (AvgIpc) is 3.83. The number of morpholine rings is 1. The van der Waals surface area contributed by atoms with Gasteiger partial charge in [0.2, 0.25) is 10.0 Å². The summed E-state index contributed by atoms with van der Waals surface area (Å²) in [4.78, 5) is 16.0. The topological polar surface area (TPSA) is 66.9 Å². The van der Waals surface area contributed by atoms with E-state index in [1.54, 1.807) is 41.3 Å². The van der Waals surface area contributed by atoms with Gasteiger partial charge in [0.1, 0.15) is 18.0 Å². The number of rotatable bonds is 11. The first-order valence-corrected chi connectivity index (χ1v) is 16.3. The van der Waals surface area contributed by atoms with Crippen LogP contribution >= 0.6 is 23.2 Å². The molecule has 1 aliphatic carbocycles. The lowest BCUT2D eigenvalue weighted by Gasteiger charge is -2.49. The fourth-order valence-corrected chi connectivity index (χ4v) is 7.78.